The molecule has 5 nitrogen and oxygen atoms in total. The molecule has 0 saturated heterocycles. The Bertz CT molecular complexity index is 645. The summed E-state index contributed by atoms with van der Waals surface area (Å²) in [5.74, 6) is -0.874. The van der Waals surface area contributed by atoms with Gasteiger partial charge in [-0.05, 0) is 40.9 Å². The van der Waals surface area contributed by atoms with Gasteiger partial charge in [0.2, 0.25) is 10.0 Å². The predicted molar refractivity (Wildman–Crippen MR) is 81.7 cm³/mol. The van der Waals surface area contributed by atoms with Crippen LogP contribution in [-0.2, 0) is 10.0 Å². The van der Waals surface area contributed by atoms with Gasteiger partial charge in [-0.1, -0.05) is 12.8 Å². The van der Waals surface area contributed by atoms with Gasteiger partial charge < -0.3 is 10.8 Å². The third-order valence-electron chi connectivity index (χ3n) is 3.79. The van der Waals surface area contributed by atoms with Gasteiger partial charge in [0.05, 0.1) is 5.60 Å². The molecule has 1 aliphatic carbocycles. The second-order valence-corrected chi connectivity index (χ2v) is 8.36. The number of hydrogen-bond donors (Lipinski definition) is 2. The van der Waals surface area contributed by atoms with Crippen molar-refractivity contribution in [2.45, 2.75) is 36.2 Å². The Morgan fingerprint density at radius 1 is 1.43 bits per heavy atom. The molecule has 0 radical (unpaired) electrons. The summed E-state index contributed by atoms with van der Waals surface area (Å²) in [6, 6.07) is 2.12. The highest BCUT2D eigenvalue weighted by atomic mass is 79.9. The summed E-state index contributed by atoms with van der Waals surface area (Å²) >= 11 is 3.05. The van der Waals surface area contributed by atoms with Gasteiger partial charge in [-0.25, -0.2) is 12.8 Å². The highest BCUT2D eigenvalue weighted by Crippen LogP contribution is 2.32. The lowest BCUT2D eigenvalue weighted by Gasteiger charge is -2.28. The van der Waals surface area contributed by atoms with E-state index in [2.05, 4.69) is 15.9 Å². The Morgan fingerprint density at radius 3 is 2.57 bits per heavy atom. The van der Waals surface area contributed by atoms with Crippen LogP contribution in [0.4, 0.5) is 10.1 Å². The average molecular weight is 381 g/mol. The summed E-state index contributed by atoms with van der Waals surface area (Å²) in [7, 11) is -2.70. The summed E-state index contributed by atoms with van der Waals surface area (Å²) in [6.07, 6.45) is 2.84. The Kier molecular flexibility index (Phi) is 4.63. The number of nitrogens with two attached hydrogens (primary N) is 1. The minimum atomic E-state index is -4.04. The van der Waals surface area contributed by atoms with Gasteiger partial charge >= 0.3 is 0 Å². The van der Waals surface area contributed by atoms with Crippen LogP contribution < -0.4 is 5.73 Å². The molecule has 1 saturated carbocycles. The summed E-state index contributed by atoms with van der Waals surface area (Å²) < 4.78 is 40.1. The number of aliphatic hydroxyl groups is 1. The van der Waals surface area contributed by atoms with Crippen LogP contribution in [0.2, 0.25) is 0 Å². The lowest BCUT2D eigenvalue weighted by Crippen LogP contribution is -2.42. The third-order valence-corrected chi connectivity index (χ3v) is 6.30. The first-order valence-electron chi connectivity index (χ1n) is 6.59. The maximum atomic E-state index is 13.9. The lowest BCUT2D eigenvalue weighted by atomic mass is 10.0. The van der Waals surface area contributed by atoms with Crippen molar-refractivity contribution in [3.05, 3.63) is 22.4 Å². The fourth-order valence-electron chi connectivity index (χ4n) is 2.60. The van der Waals surface area contributed by atoms with Crippen LogP contribution in [0, 0.1) is 5.82 Å². The Labute approximate surface area is 132 Å². The fourth-order valence-corrected chi connectivity index (χ4v) is 4.24. The van der Waals surface area contributed by atoms with Gasteiger partial charge in [-0.15, -0.1) is 0 Å². The van der Waals surface area contributed by atoms with Crippen molar-refractivity contribution in [3.8, 4) is 0 Å². The van der Waals surface area contributed by atoms with Crippen molar-refractivity contribution in [1.82, 2.24) is 4.31 Å². The van der Waals surface area contributed by atoms with Crippen LogP contribution in [-0.4, -0.2) is 37.0 Å². The first-order chi connectivity index (χ1) is 9.66. The quantitative estimate of drug-likeness (QED) is 0.783. The van der Waals surface area contributed by atoms with Gasteiger partial charge in [0.15, 0.2) is 0 Å². The standard InChI is InChI=1S/C13H18BrFN2O3S/c1-17(8-13(18)4-2-3-5-13)21(19,20)12-7-11(16)9(14)6-10(12)15/h6-7,18H,2-5,8,16H2,1H3. The van der Waals surface area contributed by atoms with Crippen molar-refractivity contribution in [2.24, 2.45) is 0 Å². The molecular weight excluding hydrogens is 363 g/mol. The molecule has 3 N–H and O–H groups in total. The number of rotatable bonds is 4. The van der Waals surface area contributed by atoms with Crippen LogP contribution >= 0.6 is 15.9 Å². The molecule has 21 heavy (non-hydrogen) atoms. The number of sulfonamides is 1. The second-order valence-electron chi connectivity index (χ2n) is 5.50. The van der Waals surface area contributed by atoms with Gasteiger partial charge in [0.1, 0.15) is 10.7 Å². The Hall–Kier alpha value is -0.700. The highest BCUT2D eigenvalue weighted by Gasteiger charge is 2.36. The van der Waals surface area contributed by atoms with Crippen molar-refractivity contribution < 1.29 is 17.9 Å². The van der Waals surface area contributed by atoms with E-state index in [1.165, 1.54) is 7.05 Å². The zero-order valence-corrected chi connectivity index (χ0v) is 14.0. The summed E-state index contributed by atoms with van der Waals surface area (Å²) in [5.41, 5.74) is 4.74. The maximum absolute atomic E-state index is 13.9. The first-order valence-corrected chi connectivity index (χ1v) is 8.82. The molecule has 1 aliphatic rings. The van der Waals surface area contributed by atoms with E-state index in [1.54, 1.807) is 0 Å². The smallest absolute Gasteiger partial charge is 0.245 e. The van der Waals surface area contributed by atoms with E-state index < -0.39 is 26.3 Å². The highest BCUT2D eigenvalue weighted by molar-refractivity contribution is 9.10. The predicted octanol–water partition coefficient (Wildman–Crippen LogP) is 2.10. The third kappa shape index (κ3) is 3.39. The summed E-state index contributed by atoms with van der Waals surface area (Å²) in [5, 5.41) is 10.3. The SMILES string of the molecule is CN(CC1(O)CCCC1)S(=O)(=O)c1cc(N)c(Br)cc1F. The zero-order valence-electron chi connectivity index (χ0n) is 11.6. The Morgan fingerprint density at radius 2 is 2.00 bits per heavy atom. The van der Waals surface area contributed by atoms with E-state index in [4.69, 9.17) is 5.73 Å². The van der Waals surface area contributed by atoms with Gasteiger partial charge in [0.25, 0.3) is 0 Å². The van der Waals surface area contributed by atoms with E-state index in [0.717, 1.165) is 29.3 Å². The zero-order chi connectivity index (χ0) is 15.8. The number of nitrogen functional groups attached to an aromatic ring is 1. The molecule has 0 aliphatic heterocycles. The maximum Gasteiger partial charge on any atom is 0.245 e. The minimum Gasteiger partial charge on any atom is -0.398 e. The summed E-state index contributed by atoms with van der Waals surface area (Å²) in [4.78, 5) is -0.479. The van der Waals surface area contributed by atoms with Crippen LogP contribution in [0.25, 0.3) is 0 Å². The van der Waals surface area contributed by atoms with Crippen LogP contribution in [0.1, 0.15) is 25.7 Å². The van der Waals surface area contributed by atoms with Crippen LogP contribution in [0.3, 0.4) is 0 Å². The average Bonchev–Trinajstić information content (AvgIpc) is 2.80. The van der Waals surface area contributed by atoms with Gasteiger partial charge in [0, 0.05) is 23.8 Å². The van der Waals surface area contributed by atoms with E-state index in [1.807, 2.05) is 0 Å². The van der Waals surface area contributed by atoms with Gasteiger partial charge in [-0.2, -0.15) is 4.31 Å². The molecule has 118 valence electrons. The minimum absolute atomic E-state index is 0.0509. The molecule has 8 heteroatoms. The van der Waals surface area contributed by atoms with E-state index >= 15 is 0 Å². The van der Waals surface area contributed by atoms with Gasteiger partial charge in [-0.3, -0.25) is 0 Å². The number of nitrogens with zero attached hydrogens (tertiary/aromatic N) is 1. The lowest BCUT2D eigenvalue weighted by molar-refractivity contribution is 0.0333. The fraction of sp³-hybridized carbons (Fsp3) is 0.538. The van der Waals surface area contributed by atoms with E-state index in [9.17, 15) is 17.9 Å². The molecule has 1 aromatic rings. The van der Waals surface area contributed by atoms with Crippen LogP contribution in [0.5, 0.6) is 0 Å². The molecule has 0 aromatic heterocycles. The number of halogens is 2. The van der Waals surface area contributed by atoms with Crippen molar-refractivity contribution in [1.29, 1.82) is 0 Å². The van der Waals surface area contributed by atoms with Crippen molar-refractivity contribution in [2.75, 3.05) is 19.3 Å². The molecule has 2 rings (SSSR count). The largest absolute Gasteiger partial charge is 0.398 e. The van der Waals surface area contributed by atoms with E-state index in [-0.39, 0.29) is 12.2 Å². The molecule has 0 unspecified atom stereocenters. The monoisotopic (exact) mass is 380 g/mol. The number of hydrogen-bond acceptors (Lipinski definition) is 4. The normalized spacial score (nSPS) is 18.3. The molecular formula is C13H18BrFN2O3S. The molecule has 0 heterocycles. The van der Waals surface area contributed by atoms with Crippen molar-refractivity contribution in [3.63, 3.8) is 0 Å². The molecule has 1 aromatic carbocycles. The number of anilines is 1. The first kappa shape index (κ1) is 16.7. The topological polar surface area (TPSA) is 83.6 Å². The van der Waals surface area contributed by atoms with Crippen molar-refractivity contribution >= 4 is 31.6 Å². The Balaban J connectivity index is 2.31. The molecule has 0 spiro atoms. The number of likely N-dealkylation sites (N-methyl/N-ethyl adjacent to an activating group) is 1. The molecule has 0 atom stereocenters. The molecule has 0 bridgehead atoms. The summed E-state index contributed by atoms with van der Waals surface area (Å²) in [6.45, 7) is -0.0509. The number of benzene rings is 1. The molecule has 0 amide bonds. The molecule has 1 fully saturated rings. The van der Waals surface area contributed by atoms with E-state index in [0.29, 0.717) is 17.3 Å². The van der Waals surface area contributed by atoms with Crippen LogP contribution in [0.15, 0.2) is 21.5 Å². The second kappa shape index (κ2) is 5.83.